The highest BCUT2D eigenvalue weighted by Gasteiger charge is 2.32. The number of nitrogens with two attached hydrogens (primary N) is 1. The maximum absolute atomic E-state index is 12.5. The molecule has 0 aromatic heterocycles. The third-order valence-electron chi connectivity index (χ3n) is 1.95. The van der Waals surface area contributed by atoms with Crippen LogP contribution in [-0.2, 0) is 17.4 Å². The van der Waals surface area contributed by atoms with E-state index in [-0.39, 0.29) is 12.0 Å². The lowest BCUT2D eigenvalue weighted by Crippen LogP contribution is -2.25. The molecule has 0 heterocycles. The quantitative estimate of drug-likeness (QED) is 0.784. The zero-order valence-corrected chi connectivity index (χ0v) is 7.79. The van der Waals surface area contributed by atoms with Crippen LogP contribution >= 0.6 is 0 Å². The summed E-state index contributed by atoms with van der Waals surface area (Å²) in [5.74, 6) is 0. The van der Waals surface area contributed by atoms with Gasteiger partial charge in [0.05, 0.1) is 11.6 Å². The molecule has 1 unspecified atom stereocenters. The topological polar surface area (TPSA) is 43.1 Å². The third kappa shape index (κ3) is 3.06. The first kappa shape index (κ1) is 11.7. The monoisotopic (exact) mass is 217 g/mol. The van der Waals surface area contributed by atoms with E-state index in [1.54, 1.807) is 0 Å². The number of aldehydes is 1. The molecule has 5 heteroatoms. The molecule has 2 nitrogen and oxygen atoms in total. The van der Waals surface area contributed by atoms with Crippen LogP contribution in [0.15, 0.2) is 24.3 Å². The fraction of sp³-hybridized carbons (Fsp3) is 0.300. The van der Waals surface area contributed by atoms with Crippen molar-refractivity contribution in [1.82, 2.24) is 0 Å². The Kier molecular flexibility index (Phi) is 3.47. The van der Waals surface area contributed by atoms with Crippen LogP contribution in [0.3, 0.4) is 0 Å². The molecule has 0 aliphatic heterocycles. The van der Waals surface area contributed by atoms with E-state index in [1.165, 1.54) is 18.2 Å². The van der Waals surface area contributed by atoms with E-state index in [0.29, 0.717) is 6.29 Å². The summed E-state index contributed by atoms with van der Waals surface area (Å²) < 4.78 is 37.4. The van der Waals surface area contributed by atoms with E-state index < -0.39 is 17.8 Å². The van der Waals surface area contributed by atoms with Crippen LogP contribution < -0.4 is 5.73 Å². The molecule has 0 aliphatic carbocycles. The maximum Gasteiger partial charge on any atom is 0.416 e. The number of alkyl halides is 3. The summed E-state index contributed by atoms with van der Waals surface area (Å²) in [4.78, 5) is 10.3. The number of rotatable bonds is 3. The molecule has 0 radical (unpaired) electrons. The molecule has 15 heavy (non-hydrogen) atoms. The molecule has 0 bridgehead atoms. The second kappa shape index (κ2) is 4.44. The van der Waals surface area contributed by atoms with Gasteiger partial charge in [-0.15, -0.1) is 0 Å². The number of hydrogen-bond acceptors (Lipinski definition) is 2. The molecule has 1 atom stereocenters. The van der Waals surface area contributed by atoms with Gasteiger partial charge < -0.3 is 10.5 Å². The van der Waals surface area contributed by atoms with E-state index in [4.69, 9.17) is 5.73 Å². The second-order valence-electron chi connectivity index (χ2n) is 3.16. The number of benzene rings is 1. The first-order valence-corrected chi connectivity index (χ1v) is 4.31. The minimum absolute atomic E-state index is 0.0459. The van der Waals surface area contributed by atoms with Crippen LogP contribution in [0.5, 0.6) is 0 Å². The van der Waals surface area contributed by atoms with Gasteiger partial charge in [0.2, 0.25) is 0 Å². The normalized spacial score (nSPS) is 13.6. The lowest BCUT2D eigenvalue weighted by atomic mass is 10.0. The van der Waals surface area contributed by atoms with Crippen LogP contribution in [0.25, 0.3) is 0 Å². The number of halogens is 3. The first-order chi connectivity index (χ1) is 6.95. The van der Waals surface area contributed by atoms with Gasteiger partial charge in [-0.3, -0.25) is 0 Å². The van der Waals surface area contributed by atoms with E-state index in [1.807, 2.05) is 0 Å². The van der Waals surface area contributed by atoms with Gasteiger partial charge in [-0.2, -0.15) is 13.2 Å². The van der Waals surface area contributed by atoms with Crippen molar-refractivity contribution in [3.05, 3.63) is 35.4 Å². The van der Waals surface area contributed by atoms with Crippen LogP contribution in [-0.4, -0.2) is 12.3 Å². The Bertz CT molecular complexity index is 349. The molecule has 2 N–H and O–H groups in total. The average molecular weight is 217 g/mol. The highest BCUT2D eigenvalue weighted by molar-refractivity contribution is 5.58. The van der Waals surface area contributed by atoms with Crippen LogP contribution in [0.4, 0.5) is 13.2 Å². The predicted octanol–water partition coefficient (Wildman–Crippen LogP) is 1.77. The summed E-state index contributed by atoms with van der Waals surface area (Å²) in [6, 6.07) is 4.20. The third-order valence-corrected chi connectivity index (χ3v) is 1.95. The SMILES string of the molecule is NC(C=O)Cc1ccccc1C(F)(F)F. The number of hydrogen-bond donors (Lipinski definition) is 1. The van der Waals surface area contributed by atoms with Gasteiger partial charge in [-0.05, 0) is 18.1 Å². The number of carbonyl (C=O) groups excluding carboxylic acids is 1. The van der Waals surface area contributed by atoms with Crippen LogP contribution in [0.2, 0.25) is 0 Å². The van der Waals surface area contributed by atoms with Gasteiger partial charge in [0, 0.05) is 0 Å². The Morgan fingerprint density at radius 3 is 2.47 bits per heavy atom. The fourth-order valence-corrected chi connectivity index (χ4v) is 1.28. The molecule has 1 rings (SSSR count). The van der Waals surface area contributed by atoms with Gasteiger partial charge in [0.25, 0.3) is 0 Å². The molecule has 0 saturated heterocycles. The molecule has 1 aromatic rings. The zero-order valence-electron chi connectivity index (χ0n) is 7.79. The van der Waals surface area contributed by atoms with Crippen molar-refractivity contribution in [2.75, 3.05) is 0 Å². The highest BCUT2D eigenvalue weighted by atomic mass is 19.4. The van der Waals surface area contributed by atoms with Gasteiger partial charge >= 0.3 is 6.18 Å². The van der Waals surface area contributed by atoms with E-state index in [2.05, 4.69) is 0 Å². The molecule has 0 spiro atoms. The van der Waals surface area contributed by atoms with Crippen molar-refractivity contribution >= 4 is 6.29 Å². The van der Waals surface area contributed by atoms with Crippen molar-refractivity contribution in [1.29, 1.82) is 0 Å². The van der Waals surface area contributed by atoms with Gasteiger partial charge in [0.15, 0.2) is 0 Å². The van der Waals surface area contributed by atoms with Crippen molar-refractivity contribution < 1.29 is 18.0 Å². The molecule has 0 aliphatic rings. The van der Waals surface area contributed by atoms with Crippen molar-refractivity contribution in [2.45, 2.75) is 18.6 Å². The molecule has 0 fully saturated rings. The largest absolute Gasteiger partial charge is 0.416 e. The van der Waals surface area contributed by atoms with Crippen molar-refractivity contribution in [3.63, 3.8) is 0 Å². The summed E-state index contributed by atoms with van der Waals surface area (Å²) in [7, 11) is 0. The van der Waals surface area contributed by atoms with Gasteiger partial charge in [-0.1, -0.05) is 18.2 Å². The lowest BCUT2D eigenvalue weighted by Gasteiger charge is -2.13. The highest BCUT2D eigenvalue weighted by Crippen LogP contribution is 2.32. The smallest absolute Gasteiger partial charge is 0.321 e. The summed E-state index contributed by atoms with van der Waals surface area (Å²) >= 11 is 0. The Morgan fingerprint density at radius 2 is 1.93 bits per heavy atom. The molecular weight excluding hydrogens is 207 g/mol. The Balaban J connectivity index is 3.02. The minimum atomic E-state index is -4.40. The van der Waals surface area contributed by atoms with Gasteiger partial charge in [-0.25, -0.2) is 0 Å². The lowest BCUT2D eigenvalue weighted by molar-refractivity contribution is -0.138. The van der Waals surface area contributed by atoms with E-state index in [0.717, 1.165) is 6.07 Å². The second-order valence-corrected chi connectivity index (χ2v) is 3.16. The summed E-state index contributed by atoms with van der Waals surface area (Å²) in [6.07, 6.45) is -4.06. The molecule has 82 valence electrons. The van der Waals surface area contributed by atoms with Gasteiger partial charge in [0.1, 0.15) is 6.29 Å². The Hall–Kier alpha value is -1.36. The van der Waals surface area contributed by atoms with Crippen molar-refractivity contribution in [3.8, 4) is 0 Å². The van der Waals surface area contributed by atoms with Crippen LogP contribution in [0.1, 0.15) is 11.1 Å². The van der Waals surface area contributed by atoms with E-state index >= 15 is 0 Å². The summed E-state index contributed by atoms with van der Waals surface area (Å²) in [6.45, 7) is 0. The Morgan fingerprint density at radius 1 is 1.33 bits per heavy atom. The summed E-state index contributed by atoms with van der Waals surface area (Å²) in [5, 5.41) is 0. The Labute approximate surface area is 84.9 Å². The average Bonchev–Trinajstić information content (AvgIpc) is 2.17. The fourth-order valence-electron chi connectivity index (χ4n) is 1.28. The molecule has 1 aromatic carbocycles. The van der Waals surface area contributed by atoms with Crippen molar-refractivity contribution in [2.24, 2.45) is 5.73 Å². The zero-order chi connectivity index (χ0) is 11.5. The minimum Gasteiger partial charge on any atom is -0.321 e. The molecule has 0 saturated carbocycles. The standard InChI is InChI=1S/C10H10F3NO/c11-10(12,13)9-4-2-1-3-7(9)5-8(14)6-15/h1-4,6,8H,5,14H2. The number of carbonyl (C=O) groups is 1. The van der Waals surface area contributed by atoms with E-state index in [9.17, 15) is 18.0 Å². The molecule has 0 amide bonds. The van der Waals surface area contributed by atoms with Crippen LogP contribution in [0, 0.1) is 0 Å². The maximum atomic E-state index is 12.5. The predicted molar refractivity (Wildman–Crippen MR) is 49.2 cm³/mol. The summed E-state index contributed by atoms with van der Waals surface area (Å²) in [5.41, 5.74) is 4.59. The first-order valence-electron chi connectivity index (χ1n) is 4.31. The molecular formula is C10H10F3NO.